The molecule has 6 heteroatoms. The third kappa shape index (κ3) is 4.97. The molecular weight excluding hydrogens is 370 g/mol. The van der Waals surface area contributed by atoms with Crippen LogP contribution in [0.4, 0.5) is 0 Å². The van der Waals surface area contributed by atoms with E-state index in [1.54, 1.807) is 5.38 Å². The molecule has 144 valence electrons. The predicted molar refractivity (Wildman–Crippen MR) is 111 cm³/mol. The largest absolute Gasteiger partial charge is 0.431 e. The normalized spacial score (nSPS) is 15.3. The van der Waals surface area contributed by atoms with Crippen LogP contribution in [0.3, 0.4) is 0 Å². The lowest BCUT2D eigenvalue weighted by Crippen LogP contribution is -2.44. The summed E-state index contributed by atoms with van der Waals surface area (Å²) in [4.78, 5) is 19.3. The number of nitrogens with one attached hydrogen (secondary N) is 1. The molecule has 0 spiro atoms. The fourth-order valence-electron chi connectivity index (χ4n) is 3.33. The van der Waals surface area contributed by atoms with Gasteiger partial charge in [0.1, 0.15) is 11.4 Å². The first-order valence-corrected chi connectivity index (χ1v) is 10.4. The molecule has 1 aliphatic rings. The monoisotopic (exact) mass is 393 g/mol. The number of aromatic nitrogens is 1. The van der Waals surface area contributed by atoms with E-state index in [0.29, 0.717) is 10.9 Å². The van der Waals surface area contributed by atoms with Crippen molar-refractivity contribution >= 4 is 17.2 Å². The van der Waals surface area contributed by atoms with Crippen LogP contribution >= 0.6 is 11.3 Å². The number of likely N-dealkylation sites (tertiary alicyclic amines) is 1. The van der Waals surface area contributed by atoms with Crippen molar-refractivity contribution in [2.75, 3.05) is 13.1 Å². The molecule has 28 heavy (non-hydrogen) atoms. The highest BCUT2D eigenvalue weighted by molar-refractivity contribution is 7.11. The molecule has 0 radical (unpaired) electrons. The molecule has 0 atom stereocenters. The average Bonchev–Trinajstić information content (AvgIpc) is 3.20. The number of carbonyl (C=O) groups excluding carboxylic acids is 1. The number of hydrogen-bond acceptors (Lipinski definition) is 5. The highest BCUT2D eigenvalue weighted by Gasteiger charge is 2.22. The van der Waals surface area contributed by atoms with E-state index in [1.807, 2.05) is 36.4 Å². The Labute approximate surface area is 169 Å². The van der Waals surface area contributed by atoms with E-state index in [4.69, 9.17) is 4.74 Å². The number of hydrogen-bond donors (Lipinski definition) is 1. The maximum Gasteiger partial charge on any atom is 0.279 e. The molecule has 0 bridgehead atoms. The molecule has 1 saturated heterocycles. The fourth-order valence-corrected chi connectivity index (χ4v) is 4.00. The van der Waals surface area contributed by atoms with Crippen molar-refractivity contribution in [1.82, 2.24) is 15.2 Å². The first-order valence-electron chi connectivity index (χ1n) is 9.52. The van der Waals surface area contributed by atoms with Gasteiger partial charge in [0.15, 0.2) is 0 Å². The third-order valence-electron chi connectivity index (χ3n) is 4.84. The van der Waals surface area contributed by atoms with E-state index < -0.39 is 0 Å². The summed E-state index contributed by atoms with van der Waals surface area (Å²) in [6, 6.07) is 20.2. The molecule has 0 unspecified atom stereocenters. The molecule has 1 aromatic heterocycles. The predicted octanol–water partition coefficient (Wildman–Crippen LogP) is 4.33. The first-order chi connectivity index (χ1) is 13.8. The van der Waals surface area contributed by atoms with E-state index in [0.717, 1.165) is 38.2 Å². The Morgan fingerprint density at radius 1 is 1.07 bits per heavy atom. The van der Waals surface area contributed by atoms with Crippen LogP contribution in [0.5, 0.6) is 10.9 Å². The minimum atomic E-state index is -0.124. The molecule has 2 heterocycles. The van der Waals surface area contributed by atoms with Crippen LogP contribution in [0.1, 0.15) is 28.9 Å². The maximum absolute atomic E-state index is 12.5. The Morgan fingerprint density at radius 3 is 2.46 bits per heavy atom. The van der Waals surface area contributed by atoms with Gasteiger partial charge in [-0.2, -0.15) is 4.98 Å². The number of ether oxygens (including phenoxy) is 1. The summed E-state index contributed by atoms with van der Waals surface area (Å²) in [6.07, 6.45) is 1.91. The topological polar surface area (TPSA) is 54.5 Å². The second-order valence-corrected chi connectivity index (χ2v) is 7.74. The number of amides is 1. The van der Waals surface area contributed by atoms with Crippen LogP contribution in [-0.4, -0.2) is 34.9 Å². The number of nitrogens with zero attached hydrogens (tertiary/aromatic N) is 2. The lowest BCUT2D eigenvalue weighted by atomic mass is 10.0. The lowest BCUT2D eigenvalue weighted by Gasteiger charge is -2.32. The van der Waals surface area contributed by atoms with E-state index in [1.165, 1.54) is 16.9 Å². The summed E-state index contributed by atoms with van der Waals surface area (Å²) in [5.41, 5.74) is 1.75. The maximum atomic E-state index is 12.5. The molecular formula is C22H23N3O2S. The van der Waals surface area contributed by atoms with Crippen molar-refractivity contribution < 1.29 is 9.53 Å². The van der Waals surface area contributed by atoms with Crippen molar-refractivity contribution in [2.45, 2.75) is 25.4 Å². The van der Waals surface area contributed by atoms with Crippen molar-refractivity contribution in [2.24, 2.45) is 0 Å². The van der Waals surface area contributed by atoms with Gasteiger partial charge in [-0.25, -0.2) is 0 Å². The van der Waals surface area contributed by atoms with Gasteiger partial charge in [-0.3, -0.25) is 9.69 Å². The summed E-state index contributed by atoms with van der Waals surface area (Å²) < 4.78 is 5.69. The van der Waals surface area contributed by atoms with Gasteiger partial charge in [0.2, 0.25) is 0 Å². The van der Waals surface area contributed by atoms with Crippen LogP contribution < -0.4 is 10.1 Å². The van der Waals surface area contributed by atoms with E-state index in [2.05, 4.69) is 39.5 Å². The van der Waals surface area contributed by atoms with Crippen molar-refractivity contribution in [3.05, 3.63) is 77.3 Å². The van der Waals surface area contributed by atoms with Crippen molar-refractivity contribution in [3.63, 3.8) is 0 Å². The van der Waals surface area contributed by atoms with Crippen LogP contribution in [0, 0.1) is 0 Å². The van der Waals surface area contributed by atoms with Gasteiger partial charge in [0.25, 0.3) is 11.1 Å². The molecule has 1 amide bonds. The number of para-hydroxylation sites is 1. The highest BCUT2D eigenvalue weighted by atomic mass is 32.1. The summed E-state index contributed by atoms with van der Waals surface area (Å²) >= 11 is 1.33. The number of benzene rings is 2. The van der Waals surface area contributed by atoms with Gasteiger partial charge in [-0.1, -0.05) is 59.9 Å². The Balaban J connectivity index is 1.26. The molecule has 0 aliphatic carbocycles. The molecule has 0 saturated carbocycles. The number of piperidine rings is 1. The van der Waals surface area contributed by atoms with Crippen LogP contribution in [-0.2, 0) is 6.54 Å². The highest BCUT2D eigenvalue weighted by Crippen LogP contribution is 2.25. The Kier molecular flexibility index (Phi) is 5.99. The van der Waals surface area contributed by atoms with Gasteiger partial charge in [0.05, 0.1) is 0 Å². The van der Waals surface area contributed by atoms with Gasteiger partial charge in [-0.05, 0) is 30.5 Å². The second-order valence-electron chi connectivity index (χ2n) is 6.92. The lowest BCUT2D eigenvalue weighted by molar-refractivity contribution is 0.0904. The molecule has 1 aliphatic heterocycles. The average molecular weight is 394 g/mol. The van der Waals surface area contributed by atoms with Crippen LogP contribution in [0.25, 0.3) is 0 Å². The minimum absolute atomic E-state index is 0.124. The smallest absolute Gasteiger partial charge is 0.279 e. The molecule has 1 fully saturated rings. The third-order valence-corrected chi connectivity index (χ3v) is 5.55. The standard InChI is InChI=1S/C22H23N3O2S/c26-21(20-16-28-22(24-20)27-19-9-5-2-6-10-19)23-18-11-13-25(14-12-18)15-17-7-3-1-4-8-17/h1-10,16,18H,11-15H2,(H,23,26). The van der Waals surface area contributed by atoms with E-state index in [-0.39, 0.29) is 11.9 Å². The zero-order valence-electron chi connectivity index (χ0n) is 15.6. The van der Waals surface area contributed by atoms with Gasteiger partial charge in [-0.15, -0.1) is 0 Å². The summed E-state index contributed by atoms with van der Waals surface area (Å²) in [6.45, 7) is 2.94. The second kappa shape index (κ2) is 8.99. The number of thiazole rings is 1. The number of carbonyl (C=O) groups is 1. The summed E-state index contributed by atoms with van der Waals surface area (Å²) in [5, 5.41) is 5.35. The Morgan fingerprint density at radius 2 is 1.75 bits per heavy atom. The van der Waals surface area contributed by atoms with E-state index in [9.17, 15) is 4.79 Å². The van der Waals surface area contributed by atoms with Crippen molar-refractivity contribution in [3.8, 4) is 10.9 Å². The molecule has 1 N–H and O–H groups in total. The minimum Gasteiger partial charge on any atom is -0.431 e. The molecule has 2 aromatic carbocycles. The SMILES string of the molecule is O=C(NC1CCN(Cc2ccccc2)CC1)c1csc(Oc2ccccc2)n1. The van der Waals surface area contributed by atoms with E-state index >= 15 is 0 Å². The fraction of sp³-hybridized carbons (Fsp3) is 0.273. The van der Waals surface area contributed by atoms with Crippen LogP contribution in [0.2, 0.25) is 0 Å². The Hall–Kier alpha value is -2.70. The molecule has 4 rings (SSSR count). The number of rotatable bonds is 6. The van der Waals surface area contributed by atoms with Crippen molar-refractivity contribution in [1.29, 1.82) is 0 Å². The van der Waals surface area contributed by atoms with Gasteiger partial charge >= 0.3 is 0 Å². The summed E-state index contributed by atoms with van der Waals surface area (Å²) in [5.74, 6) is 0.593. The summed E-state index contributed by atoms with van der Waals surface area (Å²) in [7, 11) is 0. The Bertz CT molecular complexity index is 890. The van der Waals surface area contributed by atoms with Gasteiger partial charge < -0.3 is 10.1 Å². The molecule has 5 nitrogen and oxygen atoms in total. The molecule has 3 aromatic rings. The first kappa shape index (κ1) is 18.7. The van der Waals surface area contributed by atoms with Gasteiger partial charge in [0, 0.05) is 31.1 Å². The zero-order chi connectivity index (χ0) is 19.2. The van der Waals surface area contributed by atoms with Crippen LogP contribution in [0.15, 0.2) is 66.0 Å². The zero-order valence-corrected chi connectivity index (χ0v) is 16.4. The quantitative estimate of drug-likeness (QED) is 0.677.